The number of benzene rings is 1. The van der Waals surface area contributed by atoms with Crippen molar-refractivity contribution in [3.8, 4) is 11.3 Å². The summed E-state index contributed by atoms with van der Waals surface area (Å²) in [4.78, 5) is 32.2. The van der Waals surface area contributed by atoms with Crippen LogP contribution >= 0.6 is 0 Å². The van der Waals surface area contributed by atoms with Crippen molar-refractivity contribution in [1.82, 2.24) is 19.7 Å². The van der Waals surface area contributed by atoms with Crippen molar-refractivity contribution in [2.75, 3.05) is 13.2 Å². The van der Waals surface area contributed by atoms with Crippen molar-refractivity contribution in [2.24, 2.45) is 0 Å². The summed E-state index contributed by atoms with van der Waals surface area (Å²) in [6, 6.07) is 14.9. The fraction of sp³-hybridized carbons (Fsp3) is 0.280. The maximum Gasteiger partial charge on any atom is 0.325 e. The summed E-state index contributed by atoms with van der Waals surface area (Å²) in [5.41, 5.74) is 2.52. The Labute approximate surface area is 191 Å². The van der Waals surface area contributed by atoms with Crippen LogP contribution < -0.4 is 0 Å². The molecule has 4 aromatic rings. The molecule has 0 saturated carbocycles. The highest BCUT2D eigenvalue weighted by Crippen LogP contribution is 2.27. The topological polar surface area (TPSA) is 90.5 Å². The molecule has 0 unspecified atom stereocenters. The second-order valence-electron chi connectivity index (χ2n) is 7.87. The van der Waals surface area contributed by atoms with E-state index in [-0.39, 0.29) is 25.1 Å². The molecule has 0 bridgehead atoms. The standard InChI is InChI=1S/C25H26N4O4/c1-4-32-23(30)16-28(17(2)3)25(31)20-13-22(18-9-6-5-7-10-18)27-24-21(20)14-26-29(24)15-19-11-8-12-33-19/h5-14,17H,4,15-16H2,1-3H3. The Morgan fingerprint density at radius 3 is 2.61 bits per heavy atom. The van der Waals surface area contributed by atoms with Gasteiger partial charge >= 0.3 is 5.97 Å². The zero-order chi connectivity index (χ0) is 23.4. The number of fused-ring (bicyclic) bond motifs is 1. The average Bonchev–Trinajstić information content (AvgIpc) is 3.47. The molecular weight excluding hydrogens is 420 g/mol. The number of aromatic nitrogens is 3. The first-order valence-electron chi connectivity index (χ1n) is 10.9. The Morgan fingerprint density at radius 1 is 1.15 bits per heavy atom. The Hall–Kier alpha value is -3.94. The SMILES string of the molecule is CCOC(=O)CN(C(=O)c1cc(-c2ccccc2)nc2c1cnn2Cc1ccco1)C(C)C. The first-order valence-corrected chi connectivity index (χ1v) is 10.9. The number of nitrogens with zero attached hydrogens (tertiary/aromatic N) is 4. The van der Waals surface area contributed by atoms with E-state index in [2.05, 4.69) is 5.10 Å². The molecule has 1 amide bonds. The predicted molar refractivity (Wildman–Crippen MR) is 124 cm³/mol. The second kappa shape index (κ2) is 9.68. The number of ether oxygens (including phenoxy) is 1. The Morgan fingerprint density at radius 2 is 1.94 bits per heavy atom. The van der Waals surface area contributed by atoms with E-state index in [0.29, 0.717) is 28.8 Å². The lowest BCUT2D eigenvalue weighted by Gasteiger charge is -2.26. The first-order chi connectivity index (χ1) is 16.0. The maximum atomic E-state index is 13.7. The predicted octanol–water partition coefficient (Wildman–Crippen LogP) is 4.15. The molecule has 3 aromatic heterocycles. The molecule has 170 valence electrons. The van der Waals surface area contributed by atoms with Crippen molar-refractivity contribution >= 4 is 22.9 Å². The Kier molecular flexibility index (Phi) is 6.53. The molecule has 4 rings (SSSR count). The van der Waals surface area contributed by atoms with Gasteiger partial charge in [0.25, 0.3) is 5.91 Å². The number of carbonyl (C=O) groups excluding carboxylic acids is 2. The lowest BCUT2D eigenvalue weighted by Crippen LogP contribution is -2.41. The smallest absolute Gasteiger partial charge is 0.325 e. The van der Waals surface area contributed by atoms with E-state index in [0.717, 1.165) is 11.3 Å². The van der Waals surface area contributed by atoms with Crippen LogP contribution in [-0.4, -0.2) is 50.7 Å². The van der Waals surface area contributed by atoms with Crippen LogP contribution in [-0.2, 0) is 16.1 Å². The number of pyridine rings is 1. The number of amides is 1. The number of hydrogen-bond donors (Lipinski definition) is 0. The van der Waals surface area contributed by atoms with Crippen molar-refractivity contribution in [1.29, 1.82) is 0 Å². The molecule has 0 aliphatic heterocycles. The largest absolute Gasteiger partial charge is 0.467 e. The highest BCUT2D eigenvalue weighted by Gasteiger charge is 2.26. The Balaban J connectivity index is 1.82. The van der Waals surface area contributed by atoms with Crippen LogP contribution in [0.4, 0.5) is 0 Å². The summed E-state index contributed by atoms with van der Waals surface area (Å²) in [7, 11) is 0. The van der Waals surface area contributed by atoms with Crippen molar-refractivity contribution in [3.63, 3.8) is 0 Å². The van der Waals surface area contributed by atoms with Gasteiger partial charge < -0.3 is 14.1 Å². The highest BCUT2D eigenvalue weighted by atomic mass is 16.5. The van der Waals surface area contributed by atoms with Gasteiger partial charge in [-0.25, -0.2) is 9.67 Å². The summed E-state index contributed by atoms with van der Waals surface area (Å²) >= 11 is 0. The third-order valence-electron chi connectivity index (χ3n) is 5.28. The monoisotopic (exact) mass is 446 g/mol. The lowest BCUT2D eigenvalue weighted by atomic mass is 10.1. The van der Waals surface area contributed by atoms with Gasteiger partial charge in [0.2, 0.25) is 0 Å². The van der Waals surface area contributed by atoms with E-state index in [1.807, 2.05) is 56.3 Å². The third kappa shape index (κ3) is 4.79. The second-order valence-corrected chi connectivity index (χ2v) is 7.87. The maximum absolute atomic E-state index is 13.7. The highest BCUT2D eigenvalue weighted by molar-refractivity contribution is 6.07. The molecule has 0 aliphatic carbocycles. The van der Waals surface area contributed by atoms with E-state index in [9.17, 15) is 9.59 Å². The van der Waals surface area contributed by atoms with E-state index in [4.69, 9.17) is 14.1 Å². The summed E-state index contributed by atoms with van der Waals surface area (Å²) in [5, 5.41) is 5.09. The summed E-state index contributed by atoms with van der Waals surface area (Å²) in [5.74, 6) is 0.00717. The van der Waals surface area contributed by atoms with Gasteiger partial charge in [0.15, 0.2) is 5.65 Å². The zero-order valence-corrected chi connectivity index (χ0v) is 18.9. The molecule has 33 heavy (non-hydrogen) atoms. The molecule has 0 saturated heterocycles. The minimum atomic E-state index is -0.443. The van der Waals surface area contributed by atoms with Gasteiger partial charge in [-0.15, -0.1) is 0 Å². The minimum absolute atomic E-state index is 0.130. The molecule has 0 spiro atoms. The summed E-state index contributed by atoms with van der Waals surface area (Å²) in [6.45, 7) is 5.99. The van der Waals surface area contributed by atoms with E-state index in [1.54, 1.807) is 30.1 Å². The van der Waals surface area contributed by atoms with Gasteiger partial charge in [-0.05, 0) is 39.0 Å². The average molecular weight is 447 g/mol. The molecule has 1 aromatic carbocycles. The number of hydrogen-bond acceptors (Lipinski definition) is 6. The number of furan rings is 1. The lowest BCUT2D eigenvalue weighted by molar-refractivity contribution is -0.144. The van der Waals surface area contributed by atoms with Crippen LogP contribution in [0.3, 0.4) is 0 Å². The number of esters is 1. The number of carbonyl (C=O) groups is 2. The first kappa shape index (κ1) is 22.3. The molecule has 0 atom stereocenters. The quantitative estimate of drug-likeness (QED) is 0.378. The summed E-state index contributed by atoms with van der Waals surface area (Å²) in [6.07, 6.45) is 3.24. The van der Waals surface area contributed by atoms with Gasteiger partial charge in [0.05, 0.1) is 35.7 Å². The molecular formula is C25H26N4O4. The molecule has 0 aliphatic rings. The molecule has 0 fully saturated rings. The van der Waals surface area contributed by atoms with Crippen LogP contribution in [0, 0.1) is 0 Å². The minimum Gasteiger partial charge on any atom is -0.467 e. The van der Waals surface area contributed by atoms with E-state index >= 15 is 0 Å². The van der Waals surface area contributed by atoms with Gasteiger partial charge in [0.1, 0.15) is 18.8 Å². The zero-order valence-electron chi connectivity index (χ0n) is 18.9. The normalized spacial score (nSPS) is 11.2. The van der Waals surface area contributed by atoms with Gasteiger partial charge in [-0.1, -0.05) is 30.3 Å². The van der Waals surface area contributed by atoms with Crippen LogP contribution in [0.5, 0.6) is 0 Å². The van der Waals surface area contributed by atoms with E-state index < -0.39 is 5.97 Å². The fourth-order valence-corrected chi connectivity index (χ4v) is 3.64. The van der Waals surface area contributed by atoms with E-state index in [1.165, 1.54) is 4.90 Å². The molecule has 3 heterocycles. The van der Waals surface area contributed by atoms with Crippen molar-refractivity contribution < 1.29 is 18.7 Å². The fourth-order valence-electron chi connectivity index (χ4n) is 3.64. The van der Waals surface area contributed by atoms with Crippen LogP contribution in [0.1, 0.15) is 36.9 Å². The third-order valence-corrected chi connectivity index (χ3v) is 5.28. The Bertz CT molecular complexity index is 1250. The molecule has 8 heteroatoms. The molecule has 8 nitrogen and oxygen atoms in total. The van der Waals surface area contributed by atoms with Crippen LogP contribution in [0.15, 0.2) is 65.4 Å². The van der Waals surface area contributed by atoms with Gasteiger partial charge in [-0.3, -0.25) is 9.59 Å². The number of rotatable bonds is 8. The van der Waals surface area contributed by atoms with Crippen LogP contribution in [0.2, 0.25) is 0 Å². The molecule has 0 radical (unpaired) electrons. The van der Waals surface area contributed by atoms with Gasteiger partial charge in [0, 0.05) is 11.6 Å². The van der Waals surface area contributed by atoms with Crippen molar-refractivity contribution in [3.05, 3.63) is 72.3 Å². The van der Waals surface area contributed by atoms with Crippen LogP contribution in [0.25, 0.3) is 22.3 Å². The summed E-state index contributed by atoms with van der Waals surface area (Å²) < 4.78 is 12.3. The molecule has 0 N–H and O–H groups in total. The van der Waals surface area contributed by atoms with Crippen molar-refractivity contribution in [2.45, 2.75) is 33.4 Å². The van der Waals surface area contributed by atoms with Gasteiger partial charge in [-0.2, -0.15) is 5.10 Å².